The Bertz CT molecular complexity index is 319. The maximum Gasteiger partial charge on any atom is 0.184 e. The van der Waals surface area contributed by atoms with Crippen LogP contribution in [0.4, 0.5) is 0 Å². The normalized spacial score (nSPS) is 21.1. The summed E-state index contributed by atoms with van der Waals surface area (Å²) in [6, 6.07) is 3.89. The first-order valence-corrected chi connectivity index (χ1v) is 4.31. The molecule has 1 heterocycles. The van der Waals surface area contributed by atoms with E-state index in [1.165, 1.54) is 0 Å². The van der Waals surface area contributed by atoms with Crippen molar-refractivity contribution in [3.05, 3.63) is 29.6 Å². The van der Waals surface area contributed by atoms with E-state index >= 15 is 0 Å². The first-order chi connectivity index (χ1) is 5.83. The second kappa shape index (κ2) is 2.70. The van der Waals surface area contributed by atoms with Crippen molar-refractivity contribution in [1.82, 2.24) is 4.98 Å². The molecule has 0 unspecified atom stereocenters. The van der Waals surface area contributed by atoms with Gasteiger partial charge in [0.05, 0.1) is 0 Å². The number of fused-ring (bicyclic) bond motifs is 1. The highest BCUT2D eigenvalue weighted by atomic mass is 16.1. The molecule has 1 aromatic heterocycles. The Morgan fingerprint density at radius 1 is 1.67 bits per heavy atom. The van der Waals surface area contributed by atoms with Crippen LogP contribution >= 0.6 is 0 Å². The van der Waals surface area contributed by atoms with Crippen LogP contribution in [-0.4, -0.2) is 10.8 Å². The lowest BCUT2D eigenvalue weighted by molar-refractivity contribution is 0.0930. The number of carbonyl (C=O) groups is 1. The average Bonchev–Trinajstić information content (AvgIpc) is 2.44. The molecule has 2 nitrogen and oxygen atoms in total. The van der Waals surface area contributed by atoms with E-state index in [0.29, 0.717) is 5.69 Å². The van der Waals surface area contributed by atoms with E-state index in [1.807, 2.05) is 12.1 Å². The Balaban J connectivity index is 2.42. The summed E-state index contributed by atoms with van der Waals surface area (Å²) in [5.74, 6) is 0.419. The lowest BCUT2D eigenvalue weighted by Crippen LogP contribution is -2.07. The molecule has 0 bridgehead atoms. The van der Waals surface area contributed by atoms with Gasteiger partial charge in [-0.2, -0.15) is 0 Å². The Morgan fingerprint density at radius 3 is 3.17 bits per heavy atom. The van der Waals surface area contributed by atoms with Crippen LogP contribution in [-0.2, 0) is 6.42 Å². The molecule has 0 saturated heterocycles. The second-order valence-electron chi connectivity index (χ2n) is 3.18. The molecular weight excluding hydrogens is 150 g/mol. The number of nitrogens with zero attached hydrogens (tertiary/aromatic N) is 1. The van der Waals surface area contributed by atoms with E-state index in [1.54, 1.807) is 6.20 Å². The van der Waals surface area contributed by atoms with Gasteiger partial charge in [0.2, 0.25) is 0 Å². The molecule has 1 aliphatic carbocycles. The van der Waals surface area contributed by atoms with E-state index in [-0.39, 0.29) is 11.7 Å². The number of hydrogen-bond donors (Lipinski definition) is 0. The summed E-state index contributed by atoms with van der Waals surface area (Å²) in [6.45, 7) is 2.05. The van der Waals surface area contributed by atoms with Crippen LogP contribution in [0.25, 0.3) is 0 Å². The van der Waals surface area contributed by atoms with Crippen LogP contribution in [0.2, 0.25) is 0 Å². The lowest BCUT2D eigenvalue weighted by Gasteiger charge is -1.99. The summed E-state index contributed by atoms with van der Waals surface area (Å²) < 4.78 is 0. The predicted molar refractivity (Wildman–Crippen MR) is 46.1 cm³/mol. The summed E-state index contributed by atoms with van der Waals surface area (Å²) in [7, 11) is 0. The van der Waals surface area contributed by atoms with E-state index in [4.69, 9.17) is 0 Å². The van der Waals surface area contributed by atoms with Crippen molar-refractivity contribution in [2.45, 2.75) is 19.8 Å². The molecule has 62 valence electrons. The minimum atomic E-state index is 0.190. The molecule has 0 amide bonds. The van der Waals surface area contributed by atoms with Gasteiger partial charge in [-0.1, -0.05) is 13.0 Å². The van der Waals surface area contributed by atoms with E-state index < -0.39 is 0 Å². The largest absolute Gasteiger partial charge is 0.292 e. The molecule has 1 atom stereocenters. The highest BCUT2D eigenvalue weighted by molar-refractivity contribution is 6.00. The molecule has 0 aromatic carbocycles. The fraction of sp³-hybridized carbons (Fsp3) is 0.400. The maximum absolute atomic E-state index is 11.6. The molecule has 2 rings (SSSR count). The highest BCUT2D eigenvalue weighted by Crippen LogP contribution is 2.26. The highest BCUT2D eigenvalue weighted by Gasteiger charge is 2.29. The quantitative estimate of drug-likeness (QED) is 0.629. The number of aromatic nitrogens is 1. The average molecular weight is 161 g/mol. The number of pyridine rings is 1. The van der Waals surface area contributed by atoms with Crippen molar-refractivity contribution in [3.8, 4) is 0 Å². The van der Waals surface area contributed by atoms with Gasteiger partial charge in [-0.25, -0.2) is 0 Å². The number of ketones is 1. The van der Waals surface area contributed by atoms with Gasteiger partial charge in [0.25, 0.3) is 0 Å². The van der Waals surface area contributed by atoms with Crippen LogP contribution in [0.5, 0.6) is 0 Å². The topological polar surface area (TPSA) is 30.0 Å². The molecule has 0 saturated carbocycles. The number of carbonyl (C=O) groups excluding carboxylic acids is 1. The zero-order chi connectivity index (χ0) is 8.55. The third kappa shape index (κ3) is 0.951. The molecular formula is C10H11NO. The predicted octanol–water partition coefficient (Wildman–Crippen LogP) is 1.85. The molecule has 12 heavy (non-hydrogen) atoms. The monoisotopic (exact) mass is 161 g/mol. The molecule has 1 aromatic rings. The van der Waals surface area contributed by atoms with E-state index in [0.717, 1.165) is 18.4 Å². The molecule has 0 spiro atoms. The van der Waals surface area contributed by atoms with Crippen molar-refractivity contribution in [3.63, 3.8) is 0 Å². The van der Waals surface area contributed by atoms with Gasteiger partial charge in [-0.15, -0.1) is 0 Å². The summed E-state index contributed by atoms with van der Waals surface area (Å²) in [6.07, 6.45) is 3.50. The fourth-order valence-electron chi connectivity index (χ4n) is 1.71. The molecule has 1 aliphatic rings. The minimum absolute atomic E-state index is 0.190. The van der Waals surface area contributed by atoms with E-state index in [9.17, 15) is 4.79 Å². The van der Waals surface area contributed by atoms with Crippen molar-refractivity contribution in [2.75, 3.05) is 0 Å². The van der Waals surface area contributed by atoms with Crippen molar-refractivity contribution in [1.29, 1.82) is 0 Å². The van der Waals surface area contributed by atoms with Gasteiger partial charge >= 0.3 is 0 Å². The molecule has 2 heteroatoms. The Kier molecular flexibility index (Phi) is 1.68. The number of hydrogen-bond acceptors (Lipinski definition) is 2. The smallest absolute Gasteiger partial charge is 0.184 e. The standard InChI is InChI=1S/C10H11NO/c1-2-7-6-8-4-3-5-11-9(8)10(7)12/h3-5,7H,2,6H2,1H3/t7-/m0/s1. The fourth-order valence-corrected chi connectivity index (χ4v) is 1.71. The zero-order valence-corrected chi connectivity index (χ0v) is 7.08. The van der Waals surface area contributed by atoms with Gasteiger partial charge in [0, 0.05) is 12.1 Å². The number of rotatable bonds is 1. The van der Waals surface area contributed by atoms with E-state index in [2.05, 4.69) is 11.9 Å². The van der Waals surface area contributed by atoms with Gasteiger partial charge in [-0.3, -0.25) is 9.78 Å². The third-order valence-corrected chi connectivity index (χ3v) is 2.45. The Labute approximate surface area is 71.6 Å². The summed E-state index contributed by atoms with van der Waals surface area (Å²) in [5.41, 5.74) is 1.82. The van der Waals surface area contributed by atoms with Crippen molar-refractivity contribution in [2.24, 2.45) is 5.92 Å². The maximum atomic E-state index is 11.6. The SMILES string of the molecule is CC[C@H]1Cc2cccnc2C1=O. The van der Waals surface area contributed by atoms with Crippen LogP contribution in [0, 0.1) is 5.92 Å². The molecule has 0 aliphatic heterocycles. The summed E-state index contributed by atoms with van der Waals surface area (Å²) >= 11 is 0. The Morgan fingerprint density at radius 2 is 2.50 bits per heavy atom. The lowest BCUT2D eigenvalue weighted by atomic mass is 10.0. The van der Waals surface area contributed by atoms with Gasteiger partial charge in [-0.05, 0) is 24.5 Å². The number of Topliss-reactive ketones (excluding diaryl/α,β-unsaturated/α-hetero) is 1. The third-order valence-electron chi connectivity index (χ3n) is 2.45. The minimum Gasteiger partial charge on any atom is -0.292 e. The van der Waals surface area contributed by atoms with Crippen LogP contribution in [0.1, 0.15) is 29.4 Å². The van der Waals surface area contributed by atoms with Gasteiger partial charge in [0.1, 0.15) is 5.69 Å². The Hall–Kier alpha value is -1.18. The van der Waals surface area contributed by atoms with Crippen LogP contribution in [0.15, 0.2) is 18.3 Å². The second-order valence-corrected chi connectivity index (χ2v) is 3.18. The zero-order valence-electron chi connectivity index (χ0n) is 7.08. The van der Waals surface area contributed by atoms with Crippen molar-refractivity contribution >= 4 is 5.78 Å². The van der Waals surface area contributed by atoms with Gasteiger partial charge < -0.3 is 0 Å². The molecule has 0 fully saturated rings. The van der Waals surface area contributed by atoms with Crippen LogP contribution in [0.3, 0.4) is 0 Å². The first-order valence-electron chi connectivity index (χ1n) is 4.31. The molecule has 0 radical (unpaired) electrons. The van der Waals surface area contributed by atoms with Crippen LogP contribution < -0.4 is 0 Å². The summed E-state index contributed by atoms with van der Waals surface area (Å²) in [5, 5.41) is 0. The summed E-state index contributed by atoms with van der Waals surface area (Å²) in [4.78, 5) is 15.7. The first kappa shape index (κ1) is 7.47. The molecule has 0 N–H and O–H groups in total. The van der Waals surface area contributed by atoms with Gasteiger partial charge in [0.15, 0.2) is 5.78 Å². The van der Waals surface area contributed by atoms with Crippen molar-refractivity contribution < 1.29 is 4.79 Å².